The Balaban J connectivity index is 1.63. The summed E-state index contributed by atoms with van der Waals surface area (Å²) in [5.74, 6) is 0.151. The lowest BCUT2D eigenvalue weighted by atomic mass is 10.2. The second kappa shape index (κ2) is 7.65. The minimum absolute atomic E-state index is 0.353. The van der Waals surface area contributed by atoms with Crippen LogP contribution in [0.4, 0.5) is 0 Å². The van der Waals surface area contributed by atoms with Gasteiger partial charge in [0.1, 0.15) is 12.7 Å². The number of hydrogen-bond acceptors (Lipinski definition) is 5. The van der Waals surface area contributed by atoms with Crippen LogP contribution in [-0.2, 0) is 6.54 Å². The first-order valence-corrected chi connectivity index (χ1v) is 9.24. The molecule has 0 saturated carbocycles. The van der Waals surface area contributed by atoms with Crippen LogP contribution >= 0.6 is 22.9 Å². The fourth-order valence-corrected chi connectivity index (χ4v) is 3.39. The summed E-state index contributed by atoms with van der Waals surface area (Å²) in [4.78, 5) is 25.6. The lowest BCUT2D eigenvalue weighted by molar-refractivity contribution is 0.0997. The molecular formula is C18H13ClN6OS. The van der Waals surface area contributed by atoms with Gasteiger partial charge in [-0.25, -0.2) is 14.6 Å². The predicted molar refractivity (Wildman–Crippen MR) is 102 cm³/mol. The third kappa shape index (κ3) is 3.86. The lowest BCUT2D eigenvalue weighted by Crippen LogP contribution is -2.17. The number of benzene rings is 1. The monoisotopic (exact) mass is 396 g/mol. The minimum Gasteiger partial charge on any atom is -0.319 e. The fraction of sp³-hybridized carbons (Fsp3) is 0.0556. The van der Waals surface area contributed by atoms with E-state index in [9.17, 15) is 4.79 Å². The van der Waals surface area contributed by atoms with Crippen LogP contribution in [0.1, 0.15) is 15.9 Å². The Bertz CT molecular complexity index is 1150. The van der Waals surface area contributed by atoms with E-state index in [1.165, 1.54) is 28.7 Å². The van der Waals surface area contributed by atoms with Crippen LogP contribution in [0.3, 0.4) is 0 Å². The zero-order valence-corrected chi connectivity index (χ0v) is 15.5. The van der Waals surface area contributed by atoms with Crippen molar-refractivity contribution in [3.05, 3.63) is 87.8 Å². The van der Waals surface area contributed by atoms with Crippen molar-refractivity contribution in [3.63, 3.8) is 0 Å². The summed E-state index contributed by atoms with van der Waals surface area (Å²) in [7, 11) is 0. The Hall–Kier alpha value is -3.10. The molecule has 0 N–H and O–H groups in total. The number of nitrogens with zero attached hydrogens (tertiary/aromatic N) is 6. The summed E-state index contributed by atoms with van der Waals surface area (Å²) >= 11 is 7.62. The molecule has 3 heterocycles. The number of hydrogen-bond donors (Lipinski definition) is 0. The molecule has 0 saturated heterocycles. The maximum atomic E-state index is 12.6. The number of pyridine rings is 1. The number of aromatic nitrogens is 5. The molecule has 134 valence electrons. The van der Waals surface area contributed by atoms with Gasteiger partial charge < -0.3 is 4.57 Å². The van der Waals surface area contributed by atoms with E-state index in [1.807, 2.05) is 40.4 Å². The molecule has 0 radical (unpaired) electrons. The van der Waals surface area contributed by atoms with Gasteiger partial charge in [-0.3, -0.25) is 4.79 Å². The van der Waals surface area contributed by atoms with E-state index in [0.29, 0.717) is 27.8 Å². The lowest BCUT2D eigenvalue weighted by Gasteiger charge is -2.05. The number of carbonyl (C=O) groups excluding carboxylic acids is 1. The van der Waals surface area contributed by atoms with E-state index in [4.69, 9.17) is 11.6 Å². The summed E-state index contributed by atoms with van der Waals surface area (Å²) in [5.41, 5.74) is 1.39. The second-order valence-corrected chi connectivity index (χ2v) is 6.84. The van der Waals surface area contributed by atoms with Gasteiger partial charge in [0.25, 0.3) is 5.91 Å². The van der Waals surface area contributed by atoms with E-state index in [-0.39, 0.29) is 5.91 Å². The number of thiazole rings is 1. The normalized spacial score (nSPS) is 11.7. The predicted octanol–water partition coefficient (Wildman–Crippen LogP) is 2.97. The molecule has 3 aromatic heterocycles. The Morgan fingerprint density at radius 3 is 2.96 bits per heavy atom. The molecule has 4 aromatic rings. The zero-order valence-electron chi connectivity index (χ0n) is 13.9. The number of amides is 1. The van der Waals surface area contributed by atoms with Crippen molar-refractivity contribution in [3.8, 4) is 5.82 Å². The fourth-order valence-electron chi connectivity index (χ4n) is 2.47. The van der Waals surface area contributed by atoms with Crippen LogP contribution in [0, 0.1) is 0 Å². The van der Waals surface area contributed by atoms with Crippen LogP contribution in [0.25, 0.3) is 5.82 Å². The molecule has 1 aromatic carbocycles. The molecule has 1 amide bonds. The van der Waals surface area contributed by atoms with E-state index in [2.05, 4.69) is 20.1 Å². The van der Waals surface area contributed by atoms with Gasteiger partial charge in [-0.2, -0.15) is 10.1 Å². The van der Waals surface area contributed by atoms with Gasteiger partial charge in [0.2, 0.25) is 0 Å². The first kappa shape index (κ1) is 17.3. The summed E-state index contributed by atoms with van der Waals surface area (Å²) in [6.07, 6.45) is 6.36. The third-order valence-electron chi connectivity index (χ3n) is 3.80. The summed E-state index contributed by atoms with van der Waals surface area (Å²) in [5, 5.41) is 6.58. The highest BCUT2D eigenvalue weighted by atomic mass is 35.5. The molecule has 0 atom stereocenters. The SMILES string of the molecule is O=C(N=c1sccn1Cc1ccccc1Cl)c1ccnc(-n2cncn2)c1. The smallest absolute Gasteiger partial charge is 0.279 e. The molecule has 4 rings (SSSR count). The third-order valence-corrected chi connectivity index (χ3v) is 4.96. The highest BCUT2D eigenvalue weighted by molar-refractivity contribution is 7.07. The Kier molecular flexibility index (Phi) is 4.91. The van der Waals surface area contributed by atoms with Crippen LogP contribution in [0.15, 0.2) is 71.8 Å². The van der Waals surface area contributed by atoms with Crippen molar-refractivity contribution in [1.29, 1.82) is 0 Å². The largest absolute Gasteiger partial charge is 0.319 e. The Labute approximate surface area is 163 Å². The molecule has 0 bridgehead atoms. The maximum absolute atomic E-state index is 12.6. The van der Waals surface area contributed by atoms with Gasteiger partial charge in [-0.1, -0.05) is 29.8 Å². The zero-order chi connectivity index (χ0) is 18.6. The molecule has 27 heavy (non-hydrogen) atoms. The number of carbonyl (C=O) groups is 1. The van der Waals surface area contributed by atoms with E-state index >= 15 is 0 Å². The van der Waals surface area contributed by atoms with Crippen molar-refractivity contribution in [1.82, 2.24) is 24.3 Å². The van der Waals surface area contributed by atoms with Crippen molar-refractivity contribution in [2.24, 2.45) is 4.99 Å². The van der Waals surface area contributed by atoms with E-state index in [1.54, 1.807) is 18.3 Å². The van der Waals surface area contributed by atoms with E-state index < -0.39 is 0 Å². The quantitative estimate of drug-likeness (QED) is 0.531. The maximum Gasteiger partial charge on any atom is 0.279 e. The molecule has 0 aliphatic carbocycles. The average Bonchev–Trinajstić information content (AvgIpc) is 3.36. The van der Waals surface area contributed by atoms with Crippen molar-refractivity contribution < 1.29 is 4.79 Å². The first-order chi connectivity index (χ1) is 13.2. The summed E-state index contributed by atoms with van der Waals surface area (Å²) in [6.45, 7) is 0.538. The van der Waals surface area contributed by atoms with Gasteiger partial charge in [0, 0.05) is 28.4 Å². The van der Waals surface area contributed by atoms with Crippen LogP contribution < -0.4 is 4.80 Å². The van der Waals surface area contributed by atoms with Gasteiger partial charge in [-0.05, 0) is 23.8 Å². The highest BCUT2D eigenvalue weighted by Crippen LogP contribution is 2.15. The summed E-state index contributed by atoms with van der Waals surface area (Å²) < 4.78 is 3.38. The molecule has 0 fully saturated rings. The Morgan fingerprint density at radius 1 is 1.26 bits per heavy atom. The molecule has 0 spiro atoms. The van der Waals surface area contributed by atoms with Crippen LogP contribution in [-0.4, -0.2) is 30.2 Å². The van der Waals surface area contributed by atoms with Crippen LogP contribution in [0.5, 0.6) is 0 Å². The molecule has 0 aliphatic heterocycles. The number of rotatable bonds is 4. The van der Waals surface area contributed by atoms with Gasteiger partial charge in [-0.15, -0.1) is 11.3 Å². The van der Waals surface area contributed by atoms with Gasteiger partial charge in [0.05, 0.1) is 6.54 Å². The molecule has 0 aliphatic rings. The molecule has 9 heteroatoms. The highest BCUT2D eigenvalue weighted by Gasteiger charge is 2.09. The topological polar surface area (TPSA) is 78.0 Å². The number of halogens is 1. The molecule has 0 unspecified atom stereocenters. The van der Waals surface area contributed by atoms with Crippen molar-refractivity contribution in [2.45, 2.75) is 6.54 Å². The molecular weight excluding hydrogens is 384 g/mol. The Morgan fingerprint density at radius 2 is 2.15 bits per heavy atom. The van der Waals surface area contributed by atoms with Gasteiger partial charge in [0.15, 0.2) is 10.6 Å². The van der Waals surface area contributed by atoms with Gasteiger partial charge >= 0.3 is 0 Å². The average molecular weight is 397 g/mol. The second-order valence-electron chi connectivity index (χ2n) is 5.56. The standard InChI is InChI=1S/C18H13ClN6OS/c19-15-4-2-1-3-14(15)10-24-7-8-27-18(24)23-17(26)13-5-6-21-16(9-13)25-12-20-11-22-25/h1-9,11-12H,10H2. The van der Waals surface area contributed by atoms with Crippen molar-refractivity contribution >= 4 is 28.8 Å². The van der Waals surface area contributed by atoms with Crippen molar-refractivity contribution in [2.75, 3.05) is 0 Å². The first-order valence-electron chi connectivity index (χ1n) is 7.98. The van der Waals surface area contributed by atoms with Crippen LogP contribution in [0.2, 0.25) is 5.02 Å². The van der Waals surface area contributed by atoms with E-state index in [0.717, 1.165) is 5.56 Å². The molecule has 7 nitrogen and oxygen atoms in total. The summed E-state index contributed by atoms with van der Waals surface area (Å²) in [6, 6.07) is 10.9. The minimum atomic E-state index is -0.353.